The molecular formula is C30H47N5O6. The van der Waals surface area contributed by atoms with Crippen LogP contribution in [0.5, 0.6) is 5.75 Å². The van der Waals surface area contributed by atoms with E-state index in [1.54, 1.807) is 35.0 Å². The number of likely N-dealkylation sites (N-methyl/N-ethyl adjacent to an activating group) is 1. The summed E-state index contributed by atoms with van der Waals surface area (Å²) in [5.41, 5.74) is 0.834. The number of carbonyl (C=O) groups excluding carboxylic acids is 3. The first-order valence-electron chi connectivity index (χ1n) is 15.1. The molecule has 4 rings (SSSR count). The number of carbonyl (C=O) groups is 3. The maximum absolute atomic E-state index is 13.7. The summed E-state index contributed by atoms with van der Waals surface area (Å²) in [4.78, 5) is 44.9. The Morgan fingerprint density at radius 3 is 2.61 bits per heavy atom. The molecule has 4 amide bonds. The van der Waals surface area contributed by atoms with E-state index in [-0.39, 0.29) is 42.5 Å². The number of rotatable bonds is 9. The van der Waals surface area contributed by atoms with Crippen molar-refractivity contribution < 1.29 is 29.0 Å². The number of urea groups is 1. The highest BCUT2D eigenvalue weighted by Gasteiger charge is 2.34. The normalized spacial score (nSPS) is 23.0. The van der Waals surface area contributed by atoms with Crippen molar-refractivity contribution in [2.75, 3.05) is 64.9 Å². The molecule has 11 heteroatoms. The third kappa shape index (κ3) is 8.56. The summed E-state index contributed by atoms with van der Waals surface area (Å²) in [7, 11) is 1.77. The van der Waals surface area contributed by atoms with Crippen LogP contribution in [0.4, 0.5) is 10.5 Å². The van der Waals surface area contributed by atoms with E-state index in [9.17, 15) is 19.5 Å². The lowest BCUT2D eigenvalue weighted by atomic mass is 9.96. The van der Waals surface area contributed by atoms with Gasteiger partial charge in [0.25, 0.3) is 5.91 Å². The van der Waals surface area contributed by atoms with Gasteiger partial charge in [0.05, 0.1) is 38.0 Å². The fraction of sp³-hybridized carbons (Fsp3) is 0.700. The molecule has 2 fully saturated rings. The Bertz CT molecular complexity index is 1040. The SMILES string of the molecule is C[C@@H]1CN([C@@H](C)CO)C(=O)c2cc(NC(=O)CCN3CCOCC3)ccc2O[C@@H]1CN(C)C(=O)NC1CCCCC1. The summed E-state index contributed by atoms with van der Waals surface area (Å²) in [6.45, 7) is 7.95. The number of anilines is 1. The summed E-state index contributed by atoms with van der Waals surface area (Å²) >= 11 is 0. The van der Waals surface area contributed by atoms with Gasteiger partial charge in [0.1, 0.15) is 11.9 Å². The van der Waals surface area contributed by atoms with Gasteiger partial charge in [-0.25, -0.2) is 4.79 Å². The van der Waals surface area contributed by atoms with E-state index in [0.29, 0.717) is 56.3 Å². The first-order valence-corrected chi connectivity index (χ1v) is 15.1. The molecule has 11 nitrogen and oxygen atoms in total. The number of nitrogens with zero attached hydrogens (tertiary/aromatic N) is 3. The minimum Gasteiger partial charge on any atom is -0.487 e. The van der Waals surface area contributed by atoms with Gasteiger partial charge in [0.15, 0.2) is 0 Å². The molecule has 228 valence electrons. The predicted molar refractivity (Wildman–Crippen MR) is 156 cm³/mol. The maximum Gasteiger partial charge on any atom is 0.317 e. The summed E-state index contributed by atoms with van der Waals surface area (Å²) < 4.78 is 11.8. The smallest absolute Gasteiger partial charge is 0.317 e. The highest BCUT2D eigenvalue weighted by Crippen LogP contribution is 2.31. The molecule has 3 N–H and O–H groups in total. The quantitative estimate of drug-likeness (QED) is 0.415. The number of aliphatic hydroxyl groups is 1. The second-order valence-electron chi connectivity index (χ2n) is 11.8. The molecule has 0 radical (unpaired) electrons. The average Bonchev–Trinajstić information content (AvgIpc) is 2.98. The second-order valence-corrected chi connectivity index (χ2v) is 11.8. The number of fused-ring (bicyclic) bond motifs is 1. The lowest BCUT2D eigenvalue weighted by Crippen LogP contribution is -2.52. The van der Waals surface area contributed by atoms with Gasteiger partial charge in [-0.2, -0.15) is 0 Å². The maximum atomic E-state index is 13.7. The van der Waals surface area contributed by atoms with Crippen molar-refractivity contribution in [1.29, 1.82) is 0 Å². The summed E-state index contributed by atoms with van der Waals surface area (Å²) in [5, 5.41) is 16.0. The monoisotopic (exact) mass is 573 g/mol. The van der Waals surface area contributed by atoms with E-state index in [4.69, 9.17) is 9.47 Å². The van der Waals surface area contributed by atoms with Gasteiger partial charge in [-0.05, 0) is 38.0 Å². The van der Waals surface area contributed by atoms with E-state index in [0.717, 1.165) is 38.8 Å². The Labute approximate surface area is 243 Å². The molecule has 2 aliphatic heterocycles. The van der Waals surface area contributed by atoms with E-state index in [1.165, 1.54) is 6.42 Å². The Hall–Kier alpha value is -2.89. The van der Waals surface area contributed by atoms with Crippen LogP contribution in [0.1, 0.15) is 62.7 Å². The molecule has 0 unspecified atom stereocenters. The van der Waals surface area contributed by atoms with Crippen molar-refractivity contribution in [3.05, 3.63) is 23.8 Å². The molecule has 41 heavy (non-hydrogen) atoms. The van der Waals surface area contributed by atoms with Crippen LogP contribution >= 0.6 is 0 Å². The molecule has 3 atom stereocenters. The van der Waals surface area contributed by atoms with E-state index in [2.05, 4.69) is 15.5 Å². The first-order chi connectivity index (χ1) is 19.7. The Kier molecular flexibility index (Phi) is 11.2. The molecule has 1 saturated carbocycles. The number of hydrogen-bond donors (Lipinski definition) is 3. The third-order valence-electron chi connectivity index (χ3n) is 8.44. The largest absolute Gasteiger partial charge is 0.487 e. The van der Waals surface area contributed by atoms with E-state index in [1.807, 2.05) is 13.8 Å². The van der Waals surface area contributed by atoms with Crippen LogP contribution in [-0.4, -0.2) is 115 Å². The van der Waals surface area contributed by atoms with Crippen LogP contribution in [0.2, 0.25) is 0 Å². The average molecular weight is 574 g/mol. The van der Waals surface area contributed by atoms with Crippen molar-refractivity contribution >= 4 is 23.5 Å². The zero-order chi connectivity index (χ0) is 29.4. The standard InChI is InChI=1S/C30H47N5O6/c1-21-18-35(22(2)20-36)29(38)25-17-24(31-28(37)11-12-34-13-15-40-16-14-34)9-10-26(25)41-27(21)19-33(3)30(39)32-23-7-5-4-6-8-23/h9-10,17,21-23,27,36H,4-8,11-16,18-20H2,1-3H3,(H,31,37)(H,32,39)/t21-,22+,27-/m1/s1. The molecule has 0 spiro atoms. The second kappa shape index (κ2) is 14.8. The van der Waals surface area contributed by atoms with Crippen LogP contribution in [0.15, 0.2) is 18.2 Å². The highest BCUT2D eigenvalue weighted by atomic mass is 16.5. The van der Waals surface area contributed by atoms with Gasteiger partial charge in [-0.3, -0.25) is 14.5 Å². The Morgan fingerprint density at radius 2 is 1.90 bits per heavy atom. The predicted octanol–water partition coefficient (Wildman–Crippen LogP) is 2.54. The lowest BCUT2D eigenvalue weighted by Gasteiger charge is -2.38. The molecule has 1 aromatic rings. The summed E-state index contributed by atoms with van der Waals surface area (Å²) in [6, 6.07) is 4.77. The van der Waals surface area contributed by atoms with Gasteiger partial charge in [-0.1, -0.05) is 26.2 Å². The van der Waals surface area contributed by atoms with Crippen LogP contribution in [0.25, 0.3) is 0 Å². The molecule has 0 bridgehead atoms. The number of morpholine rings is 1. The topological polar surface area (TPSA) is 124 Å². The van der Waals surface area contributed by atoms with Crippen LogP contribution < -0.4 is 15.4 Å². The number of amides is 4. The Balaban J connectivity index is 1.47. The molecule has 1 aliphatic carbocycles. The number of nitrogens with one attached hydrogen (secondary N) is 2. The van der Waals surface area contributed by atoms with Gasteiger partial charge in [0.2, 0.25) is 5.91 Å². The first kappa shape index (κ1) is 31.1. The Morgan fingerprint density at radius 1 is 1.17 bits per heavy atom. The molecule has 3 aliphatic rings. The zero-order valence-corrected chi connectivity index (χ0v) is 24.8. The van der Waals surface area contributed by atoms with Crippen LogP contribution in [-0.2, 0) is 9.53 Å². The van der Waals surface area contributed by atoms with Crippen LogP contribution in [0, 0.1) is 5.92 Å². The number of aliphatic hydroxyl groups excluding tert-OH is 1. The minimum atomic E-state index is -0.407. The van der Waals surface area contributed by atoms with Gasteiger partial charge < -0.3 is 35.0 Å². The molecule has 0 aromatic heterocycles. The highest BCUT2D eigenvalue weighted by molar-refractivity contribution is 6.00. The molecular weight excluding hydrogens is 526 g/mol. The van der Waals surface area contributed by atoms with Crippen molar-refractivity contribution in [2.24, 2.45) is 5.92 Å². The van der Waals surface area contributed by atoms with Crippen molar-refractivity contribution in [2.45, 2.75) is 70.6 Å². The minimum absolute atomic E-state index is 0.106. The van der Waals surface area contributed by atoms with Crippen molar-refractivity contribution in [3.63, 3.8) is 0 Å². The molecule has 1 saturated heterocycles. The van der Waals surface area contributed by atoms with Crippen molar-refractivity contribution in [3.8, 4) is 5.75 Å². The van der Waals surface area contributed by atoms with Crippen molar-refractivity contribution in [1.82, 2.24) is 20.0 Å². The summed E-state index contributed by atoms with van der Waals surface area (Å²) in [6.07, 6.45) is 5.46. The number of ether oxygens (including phenoxy) is 2. The van der Waals surface area contributed by atoms with E-state index < -0.39 is 6.04 Å². The van der Waals surface area contributed by atoms with E-state index >= 15 is 0 Å². The molecule has 2 heterocycles. The van der Waals surface area contributed by atoms with Gasteiger partial charge in [-0.15, -0.1) is 0 Å². The summed E-state index contributed by atoms with van der Waals surface area (Å²) in [5.74, 6) is -0.104. The fourth-order valence-electron chi connectivity index (χ4n) is 5.71. The van der Waals surface area contributed by atoms with Gasteiger partial charge >= 0.3 is 6.03 Å². The third-order valence-corrected chi connectivity index (χ3v) is 8.44. The van der Waals surface area contributed by atoms with Gasteiger partial charge in [0, 0.05) is 57.3 Å². The fourth-order valence-corrected chi connectivity index (χ4v) is 5.71. The molecule has 1 aromatic carbocycles. The van der Waals surface area contributed by atoms with Crippen LogP contribution in [0.3, 0.4) is 0 Å². The number of hydrogen-bond acceptors (Lipinski definition) is 7. The number of benzene rings is 1. The zero-order valence-electron chi connectivity index (χ0n) is 24.8. The lowest BCUT2D eigenvalue weighted by molar-refractivity contribution is -0.116.